The summed E-state index contributed by atoms with van der Waals surface area (Å²) in [6.07, 6.45) is 1.25. The number of halogens is 1. The molecule has 0 unspecified atom stereocenters. The zero-order valence-electron chi connectivity index (χ0n) is 19.0. The van der Waals surface area contributed by atoms with Crippen molar-refractivity contribution in [3.05, 3.63) is 56.2 Å². The number of β-amino-alcohol motifs (C(OH)–C–C–N with tert-alkyl or cyclic N) is 1. The summed E-state index contributed by atoms with van der Waals surface area (Å²) in [6, 6.07) is 4.97. The van der Waals surface area contributed by atoms with Gasteiger partial charge in [0, 0.05) is 52.1 Å². The maximum Gasteiger partial charge on any atom is 0.332 e. The Morgan fingerprint density at radius 3 is 2.68 bits per heavy atom. The SMILES string of the molecule is Cn1c(=O)c2ncn([C@H]3CN(C(=O)CCc4nc5cc(Cl)ccc5n4C)C[C@@H]3O)c2n(C)c1=O. The minimum atomic E-state index is -0.863. The van der Waals surface area contributed by atoms with Crippen LogP contribution in [-0.4, -0.2) is 63.3 Å². The Hall–Kier alpha value is -3.44. The highest BCUT2D eigenvalue weighted by Crippen LogP contribution is 2.26. The van der Waals surface area contributed by atoms with Crippen molar-refractivity contribution >= 4 is 39.7 Å². The zero-order valence-corrected chi connectivity index (χ0v) is 19.7. The molecule has 4 aromatic rings. The van der Waals surface area contributed by atoms with Gasteiger partial charge in [0.1, 0.15) is 11.5 Å². The fraction of sp³-hybridized carbons (Fsp3) is 0.409. The van der Waals surface area contributed by atoms with Crippen LogP contribution in [0.3, 0.4) is 0 Å². The molecule has 0 saturated carbocycles. The first-order valence-electron chi connectivity index (χ1n) is 10.9. The molecule has 5 rings (SSSR count). The van der Waals surface area contributed by atoms with Gasteiger partial charge in [-0.05, 0) is 18.2 Å². The highest BCUT2D eigenvalue weighted by molar-refractivity contribution is 6.31. The predicted molar refractivity (Wildman–Crippen MR) is 126 cm³/mol. The van der Waals surface area contributed by atoms with Crippen LogP contribution in [-0.2, 0) is 32.4 Å². The minimum Gasteiger partial charge on any atom is -0.389 e. The molecular formula is C22H24ClN7O4. The molecule has 0 spiro atoms. The van der Waals surface area contributed by atoms with Crippen LogP contribution in [0.15, 0.2) is 34.1 Å². The molecule has 34 heavy (non-hydrogen) atoms. The lowest BCUT2D eigenvalue weighted by Gasteiger charge is -2.18. The van der Waals surface area contributed by atoms with Crippen molar-refractivity contribution in [3.8, 4) is 0 Å². The van der Waals surface area contributed by atoms with Crippen molar-refractivity contribution in [2.24, 2.45) is 21.1 Å². The molecule has 2 atom stereocenters. The molecule has 1 aromatic carbocycles. The third kappa shape index (κ3) is 3.43. The maximum atomic E-state index is 13.0. The van der Waals surface area contributed by atoms with Gasteiger partial charge in [-0.2, -0.15) is 0 Å². The number of aliphatic hydroxyl groups excluding tert-OH is 1. The number of hydrogen-bond donors (Lipinski definition) is 1. The van der Waals surface area contributed by atoms with Crippen LogP contribution in [0.5, 0.6) is 0 Å². The van der Waals surface area contributed by atoms with Gasteiger partial charge < -0.3 is 19.1 Å². The van der Waals surface area contributed by atoms with Gasteiger partial charge in [-0.25, -0.2) is 14.8 Å². The number of fused-ring (bicyclic) bond motifs is 2. The first kappa shape index (κ1) is 22.4. The fourth-order valence-electron chi connectivity index (χ4n) is 4.71. The van der Waals surface area contributed by atoms with E-state index in [9.17, 15) is 19.5 Å². The lowest BCUT2D eigenvalue weighted by molar-refractivity contribution is -0.130. The van der Waals surface area contributed by atoms with Crippen molar-refractivity contribution in [3.63, 3.8) is 0 Å². The second kappa shape index (κ2) is 8.10. The number of aryl methyl sites for hydroxylation is 3. The Kier molecular flexibility index (Phi) is 5.33. The molecule has 0 aliphatic carbocycles. The van der Waals surface area contributed by atoms with Gasteiger partial charge in [0.25, 0.3) is 5.56 Å². The van der Waals surface area contributed by atoms with Crippen molar-refractivity contribution in [2.75, 3.05) is 13.1 Å². The van der Waals surface area contributed by atoms with E-state index in [4.69, 9.17) is 11.6 Å². The molecule has 0 radical (unpaired) electrons. The number of aromatic nitrogens is 6. The van der Waals surface area contributed by atoms with Crippen molar-refractivity contribution in [1.29, 1.82) is 0 Å². The van der Waals surface area contributed by atoms with Crippen LogP contribution in [0, 0.1) is 0 Å². The molecule has 178 valence electrons. The molecule has 3 aromatic heterocycles. The van der Waals surface area contributed by atoms with Gasteiger partial charge in [0.15, 0.2) is 5.52 Å². The number of nitrogens with zero attached hydrogens (tertiary/aromatic N) is 7. The number of likely N-dealkylation sites (tertiary alicyclic amines) is 1. The number of carbonyl (C=O) groups is 1. The van der Waals surface area contributed by atoms with Crippen molar-refractivity contribution in [2.45, 2.75) is 25.0 Å². The first-order valence-corrected chi connectivity index (χ1v) is 11.2. The molecular weight excluding hydrogens is 462 g/mol. The highest BCUT2D eigenvalue weighted by Gasteiger charge is 2.36. The largest absolute Gasteiger partial charge is 0.389 e. The molecule has 4 heterocycles. The third-order valence-electron chi connectivity index (χ3n) is 6.63. The Morgan fingerprint density at radius 1 is 1.15 bits per heavy atom. The molecule has 1 fully saturated rings. The molecule has 0 bridgehead atoms. The lowest BCUT2D eigenvalue weighted by atomic mass is 10.2. The van der Waals surface area contributed by atoms with Crippen LogP contribution in [0.2, 0.25) is 5.02 Å². The van der Waals surface area contributed by atoms with Gasteiger partial charge in [-0.3, -0.25) is 18.7 Å². The van der Waals surface area contributed by atoms with E-state index in [1.54, 1.807) is 28.6 Å². The summed E-state index contributed by atoms with van der Waals surface area (Å²) >= 11 is 6.06. The average molecular weight is 486 g/mol. The van der Waals surface area contributed by atoms with E-state index < -0.39 is 23.4 Å². The summed E-state index contributed by atoms with van der Waals surface area (Å²) in [5.41, 5.74) is 1.20. The number of hydrogen-bond acceptors (Lipinski definition) is 6. The van der Waals surface area contributed by atoms with Crippen LogP contribution < -0.4 is 11.2 Å². The Labute approximate surface area is 198 Å². The normalized spacial score (nSPS) is 18.4. The third-order valence-corrected chi connectivity index (χ3v) is 6.87. The number of carbonyl (C=O) groups excluding carboxylic acids is 1. The average Bonchev–Trinajstić information content (AvgIpc) is 3.49. The summed E-state index contributed by atoms with van der Waals surface area (Å²) in [7, 11) is 4.85. The van der Waals surface area contributed by atoms with E-state index in [2.05, 4.69) is 9.97 Å². The Balaban J connectivity index is 1.35. The molecule has 1 saturated heterocycles. The van der Waals surface area contributed by atoms with E-state index in [1.807, 2.05) is 17.7 Å². The van der Waals surface area contributed by atoms with Gasteiger partial charge in [0.2, 0.25) is 5.91 Å². The Morgan fingerprint density at radius 2 is 1.91 bits per heavy atom. The maximum absolute atomic E-state index is 13.0. The van der Waals surface area contributed by atoms with Crippen LogP contribution >= 0.6 is 11.6 Å². The Bertz CT molecular complexity index is 1560. The summed E-state index contributed by atoms with van der Waals surface area (Å²) in [4.78, 5) is 48.2. The van der Waals surface area contributed by atoms with E-state index >= 15 is 0 Å². The number of amides is 1. The van der Waals surface area contributed by atoms with Crippen molar-refractivity contribution in [1.82, 2.24) is 33.1 Å². The van der Waals surface area contributed by atoms with Gasteiger partial charge in [-0.1, -0.05) is 11.6 Å². The quantitative estimate of drug-likeness (QED) is 0.445. The van der Waals surface area contributed by atoms with E-state index in [0.29, 0.717) is 17.1 Å². The van der Waals surface area contributed by atoms with Gasteiger partial charge in [-0.15, -0.1) is 0 Å². The van der Waals surface area contributed by atoms with Crippen LogP contribution in [0.25, 0.3) is 22.2 Å². The summed E-state index contributed by atoms with van der Waals surface area (Å²) in [6.45, 7) is 0.396. The fourth-order valence-corrected chi connectivity index (χ4v) is 4.88. The molecule has 12 heteroatoms. The predicted octanol–water partition coefficient (Wildman–Crippen LogP) is 0.351. The zero-order chi connectivity index (χ0) is 24.3. The van der Waals surface area contributed by atoms with Gasteiger partial charge in [0.05, 0.1) is 29.5 Å². The number of rotatable bonds is 4. The highest BCUT2D eigenvalue weighted by atomic mass is 35.5. The second-order valence-corrected chi connectivity index (χ2v) is 9.12. The number of imidazole rings is 2. The van der Waals surface area contributed by atoms with Crippen LogP contribution in [0.1, 0.15) is 18.3 Å². The molecule has 1 N–H and O–H groups in total. The van der Waals surface area contributed by atoms with E-state index in [0.717, 1.165) is 21.4 Å². The van der Waals surface area contributed by atoms with Crippen LogP contribution in [0.4, 0.5) is 0 Å². The second-order valence-electron chi connectivity index (χ2n) is 8.68. The summed E-state index contributed by atoms with van der Waals surface area (Å²) < 4.78 is 5.89. The molecule has 1 aliphatic heterocycles. The van der Waals surface area contributed by atoms with Crippen molar-refractivity contribution < 1.29 is 9.90 Å². The van der Waals surface area contributed by atoms with E-state index in [1.165, 1.54) is 17.9 Å². The topological polar surface area (TPSA) is 120 Å². The lowest BCUT2D eigenvalue weighted by Crippen LogP contribution is -2.38. The number of aliphatic hydroxyl groups is 1. The summed E-state index contributed by atoms with van der Waals surface area (Å²) in [5, 5.41) is 11.3. The molecule has 1 aliphatic rings. The monoisotopic (exact) mass is 485 g/mol. The number of benzene rings is 1. The first-order chi connectivity index (χ1) is 16.2. The molecule has 11 nitrogen and oxygen atoms in total. The standard InChI is InChI=1S/C22H24ClN7O4/c1-26-14-5-4-12(23)8-13(14)25-17(26)6-7-18(32)29-9-15(16(31)10-29)30-11-24-19-20(30)27(2)22(34)28(3)21(19)33/h4-5,8,11,15-16,31H,6-7,9-10H2,1-3H3/t15-,16-/m0/s1. The molecule has 1 amide bonds. The minimum absolute atomic E-state index is 0.110. The van der Waals surface area contributed by atoms with E-state index in [-0.39, 0.29) is 30.9 Å². The van der Waals surface area contributed by atoms with Gasteiger partial charge >= 0.3 is 5.69 Å². The smallest absolute Gasteiger partial charge is 0.332 e. The summed E-state index contributed by atoms with van der Waals surface area (Å²) in [5.74, 6) is 0.661.